The van der Waals surface area contributed by atoms with Crippen LogP contribution in [0.5, 0.6) is 5.88 Å². The first-order valence-corrected chi connectivity index (χ1v) is 9.89. The Bertz CT molecular complexity index is 900. The zero-order chi connectivity index (χ0) is 18.8. The molecule has 0 bridgehead atoms. The number of anilines is 1. The van der Waals surface area contributed by atoms with E-state index in [-0.39, 0.29) is 5.91 Å². The van der Waals surface area contributed by atoms with Gasteiger partial charge in [0.05, 0.1) is 6.61 Å². The van der Waals surface area contributed by atoms with Gasteiger partial charge in [-0.15, -0.1) is 11.3 Å². The van der Waals surface area contributed by atoms with Gasteiger partial charge in [0.2, 0.25) is 5.88 Å². The lowest BCUT2D eigenvalue weighted by Crippen LogP contribution is -2.49. The lowest BCUT2D eigenvalue weighted by Gasteiger charge is -2.35. The Labute approximate surface area is 161 Å². The van der Waals surface area contributed by atoms with Crippen LogP contribution in [0.4, 0.5) is 5.82 Å². The molecule has 0 atom stereocenters. The first kappa shape index (κ1) is 17.7. The number of fused-ring (bicyclic) bond motifs is 1. The molecule has 0 saturated carbocycles. The van der Waals surface area contributed by atoms with Gasteiger partial charge in [0.15, 0.2) is 4.96 Å². The molecular formula is C18H22N6O2S. The van der Waals surface area contributed by atoms with E-state index >= 15 is 0 Å². The second-order valence-electron chi connectivity index (χ2n) is 6.92. The number of hydrogen-bond donors (Lipinski definition) is 0. The monoisotopic (exact) mass is 386 g/mol. The molecule has 4 heterocycles. The van der Waals surface area contributed by atoms with Crippen LogP contribution in [0.2, 0.25) is 0 Å². The van der Waals surface area contributed by atoms with Crippen LogP contribution in [0.25, 0.3) is 4.96 Å². The van der Waals surface area contributed by atoms with Gasteiger partial charge < -0.3 is 14.5 Å². The number of amides is 1. The van der Waals surface area contributed by atoms with Gasteiger partial charge in [-0.2, -0.15) is 0 Å². The highest BCUT2D eigenvalue weighted by atomic mass is 32.1. The molecule has 1 fully saturated rings. The van der Waals surface area contributed by atoms with Gasteiger partial charge >= 0.3 is 0 Å². The third kappa shape index (κ3) is 3.87. The Hall–Kier alpha value is -2.68. The van der Waals surface area contributed by atoms with Crippen LogP contribution in [-0.2, 0) is 0 Å². The smallest absolute Gasteiger partial charge is 0.274 e. The summed E-state index contributed by atoms with van der Waals surface area (Å²) >= 11 is 1.52. The van der Waals surface area contributed by atoms with E-state index in [1.807, 2.05) is 26.9 Å². The number of thiazole rings is 1. The minimum atomic E-state index is -0.0193. The molecule has 9 heteroatoms. The maximum atomic E-state index is 12.7. The first-order valence-electron chi connectivity index (χ1n) is 9.01. The summed E-state index contributed by atoms with van der Waals surface area (Å²) in [7, 11) is 0. The van der Waals surface area contributed by atoms with Gasteiger partial charge in [0.1, 0.15) is 17.8 Å². The molecule has 1 amide bonds. The highest BCUT2D eigenvalue weighted by Crippen LogP contribution is 2.19. The maximum Gasteiger partial charge on any atom is 0.274 e. The van der Waals surface area contributed by atoms with E-state index in [4.69, 9.17) is 4.74 Å². The van der Waals surface area contributed by atoms with Crippen LogP contribution in [0.15, 0.2) is 30.2 Å². The van der Waals surface area contributed by atoms with Crippen molar-refractivity contribution in [3.8, 4) is 5.88 Å². The van der Waals surface area contributed by atoms with Crippen molar-refractivity contribution in [1.82, 2.24) is 24.3 Å². The average Bonchev–Trinajstić information content (AvgIpc) is 3.28. The van der Waals surface area contributed by atoms with E-state index in [9.17, 15) is 4.79 Å². The summed E-state index contributed by atoms with van der Waals surface area (Å²) in [5, 5.41) is 1.95. The fourth-order valence-corrected chi connectivity index (χ4v) is 3.66. The van der Waals surface area contributed by atoms with Crippen molar-refractivity contribution in [2.45, 2.75) is 13.8 Å². The van der Waals surface area contributed by atoms with Crippen LogP contribution >= 0.6 is 11.3 Å². The highest BCUT2D eigenvalue weighted by Gasteiger charge is 2.25. The van der Waals surface area contributed by atoms with Crippen molar-refractivity contribution in [2.75, 3.05) is 37.7 Å². The third-order valence-electron chi connectivity index (χ3n) is 4.40. The molecule has 1 saturated heterocycles. The zero-order valence-electron chi connectivity index (χ0n) is 15.4. The number of ether oxygens (including phenoxy) is 1. The minimum Gasteiger partial charge on any atom is -0.477 e. The lowest BCUT2D eigenvalue weighted by molar-refractivity contribution is 0.0741. The van der Waals surface area contributed by atoms with Gasteiger partial charge in [-0.05, 0) is 5.92 Å². The van der Waals surface area contributed by atoms with Crippen molar-refractivity contribution >= 4 is 28.0 Å². The molecule has 0 aromatic carbocycles. The number of carbonyl (C=O) groups is 1. The van der Waals surface area contributed by atoms with Gasteiger partial charge in [0.25, 0.3) is 5.91 Å². The summed E-state index contributed by atoms with van der Waals surface area (Å²) in [6, 6.07) is 1.86. The molecule has 0 unspecified atom stereocenters. The molecule has 1 aliphatic heterocycles. The molecule has 4 rings (SSSR count). The molecule has 8 nitrogen and oxygen atoms in total. The van der Waals surface area contributed by atoms with E-state index in [0.29, 0.717) is 50.3 Å². The van der Waals surface area contributed by atoms with Gasteiger partial charge in [0, 0.05) is 50.0 Å². The normalized spacial score (nSPS) is 14.9. The van der Waals surface area contributed by atoms with Gasteiger partial charge in [-0.3, -0.25) is 9.20 Å². The van der Waals surface area contributed by atoms with Crippen molar-refractivity contribution < 1.29 is 9.53 Å². The molecular weight excluding hydrogens is 364 g/mol. The average molecular weight is 386 g/mol. The summed E-state index contributed by atoms with van der Waals surface area (Å²) in [6.07, 6.45) is 5.24. The summed E-state index contributed by atoms with van der Waals surface area (Å²) in [4.78, 5) is 30.5. The second kappa shape index (κ2) is 7.51. The second-order valence-corrected chi connectivity index (χ2v) is 7.79. The predicted molar refractivity (Wildman–Crippen MR) is 104 cm³/mol. The topological polar surface area (TPSA) is 75.9 Å². The van der Waals surface area contributed by atoms with Crippen LogP contribution in [0, 0.1) is 5.92 Å². The number of hydrogen-bond acceptors (Lipinski definition) is 7. The Morgan fingerprint density at radius 3 is 2.81 bits per heavy atom. The third-order valence-corrected chi connectivity index (χ3v) is 5.17. The largest absolute Gasteiger partial charge is 0.477 e. The molecule has 0 spiro atoms. The van der Waals surface area contributed by atoms with Crippen LogP contribution in [-0.4, -0.2) is 62.9 Å². The van der Waals surface area contributed by atoms with Crippen molar-refractivity contribution in [3.05, 3.63) is 35.9 Å². The minimum absolute atomic E-state index is 0.0193. The molecule has 27 heavy (non-hydrogen) atoms. The van der Waals surface area contributed by atoms with Gasteiger partial charge in [-0.25, -0.2) is 15.0 Å². The summed E-state index contributed by atoms with van der Waals surface area (Å²) in [5.41, 5.74) is 0.502. The number of carbonyl (C=O) groups excluding carboxylic acids is 1. The standard InChI is InChI=1S/C18H22N6O2S/c1-13(2)11-26-16-9-15(19-12-20-16)22-3-5-23(6-4-22)17(25)14-10-24-7-8-27-18(24)21-14/h7-10,12-13H,3-6,11H2,1-2H3. The Morgan fingerprint density at radius 1 is 1.26 bits per heavy atom. The Kier molecular flexibility index (Phi) is 4.93. The fourth-order valence-electron chi connectivity index (χ4n) is 2.96. The number of rotatable bonds is 5. The van der Waals surface area contributed by atoms with E-state index in [0.717, 1.165) is 10.8 Å². The maximum absolute atomic E-state index is 12.7. The Morgan fingerprint density at radius 2 is 2.07 bits per heavy atom. The summed E-state index contributed by atoms with van der Waals surface area (Å²) in [6.45, 7) is 7.53. The molecule has 3 aromatic rings. The first-order chi connectivity index (χ1) is 13.1. The number of aromatic nitrogens is 4. The van der Waals surface area contributed by atoms with Crippen molar-refractivity contribution in [3.63, 3.8) is 0 Å². The zero-order valence-corrected chi connectivity index (χ0v) is 16.2. The highest BCUT2D eigenvalue weighted by molar-refractivity contribution is 7.15. The molecule has 0 N–H and O–H groups in total. The molecule has 0 aliphatic carbocycles. The number of nitrogens with zero attached hydrogens (tertiary/aromatic N) is 6. The SMILES string of the molecule is CC(C)COc1cc(N2CCN(C(=O)c3cn4ccsc4n3)CC2)ncn1. The van der Waals surface area contributed by atoms with Crippen molar-refractivity contribution in [2.24, 2.45) is 5.92 Å². The summed E-state index contributed by atoms with van der Waals surface area (Å²) < 4.78 is 7.57. The van der Waals surface area contributed by atoms with E-state index in [1.54, 1.807) is 6.20 Å². The molecule has 1 aliphatic rings. The summed E-state index contributed by atoms with van der Waals surface area (Å²) in [5.74, 6) is 1.84. The number of imidazole rings is 1. The predicted octanol–water partition coefficient (Wildman–Crippen LogP) is 2.18. The molecule has 0 radical (unpaired) electrons. The van der Waals surface area contributed by atoms with E-state index in [2.05, 4.69) is 33.7 Å². The van der Waals surface area contributed by atoms with Crippen LogP contribution in [0.3, 0.4) is 0 Å². The lowest BCUT2D eigenvalue weighted by atomic mass is 10.2. The molecule has 142 valence electrons. The molecule has 3 aromatic heterocycles. The van der Waals surface area contributed by atoms with E-state index in [1.165, 1.54) is 17.7 Å². The van der Waals surface area contributed by atoms with Crippen molar-refractivity contribution in [1.29, 1.82) is 0 Å². The van der Waals surface area contributed by atoms with Crippen LogP contribution in [0.1, 0.15) is 24.3 Å². The number of piperazine rings is 1. The van der Waals surface area contributed by atoms with E-state index < -0.39 is 0 Å². The van der Waals surface area contributed by atoms with Crippen LogP contribution < -0.4 is 9.64 Å². The fraction of sp³-hybridized carbons (Fsp3) is 0.444. The quantitative estimate of drug-likeness (QED) is 0.669. The van der Waals surface area contributed by atoms with Gasteiger partial charge in [-0.1, -0.05) is 13.8 Å². The Balaban J connectivity index is 1.37.